The van der Waals surface area contributed by atoms with Crippen molar-refractivity contribution in [2.24, 2.45) is 5.92 Å². The fraction of sp³-hybridized carbons (Fsp3) is 0.625. The summed E-state index contributed by atoms with van der Waals surface area (Å²) in [6, 6.07) is 4.11. The molecule has 1 unspecified atom stereocenters. The summed E-state index contributed by atoms with van der Waals surface area (Å²) in [5.74, 6) is -0.252. The van der Waals surface area contributed by atoms with E-state index in [9.17, 15) is 8.78 Å². The predicted molar refractivity (Wildman–Crippen MR) is 76.2 cm³/mol. The zero-order chi connectivity index (χ0) is 14.3. The van der Waals surface area contributed by atoms with E-state index in [0.717, 1.165) is 25.5 Å². The second kappa shape index (κ2) is 8.26. The van der Waals surface area contributed by atoms with Crippen LogP contribution < -0.4 is 5.32 Å². The minimum atomic E-state index is -0.513. The van der Waals surface area contributed by atoms with E-state index in [1.54, 1.807) is 6.07 Å². The van der Waals surface area contributed by atoms with Gasteiger partial charge in [-0.3, -0.25) is 0 Å². The van der Waals surface area contributed by atoms with Crippen LogP contribution in [-0.4, -0.2) is 12.6 Å². The Morgan fingerprint density at radius 1 is 1.16 bits per heavy atom. The van der Waals surface area contributed by atoms with E-state index in [0.29, 0.717) is 17.9 Å². The number of likely N-dealkylation sites (N-methyl/N-ethyl adjacent to an activating group) is 1. The quantitative estimate of drug-likeness (QED) is 0.741. The summed E-state index contributed by atoms with van der Waals surface area (Å²) < 4.78 is 26.5. The monoisotopic (exact) mass is 269 g/mol. The topological polar surface area (TPSA) is 12.0 Å². The maximum Gasteiger partial charge on any atom is 0.129 e. The van der Waals surface area contributed by atoms with Crippen LogP contribution in [0.15, 0.2) is 18.2 Å². The first-order valence-electron chi connectivity index (χ1n) is 7.20. The van der Waals surface area contributed by atoms with Crippen LogP contribution in [0.5, 0.6) is 0 Å². The Balaban J connectivity index is 2.56. The summed E-state index contributed by atoms with van der Waals surface area (Å²) in [6.45, 7) is 7.34. The molecule has 3 heteroatoms. The van der Waals surface area contributed by atoms with Crippen molar-refractivity contribution in [3.63, 3.8) is 0 Å². The highest BCUT2D eigenvalue weighted by molar-refractivity contribution is 5.19. The van der Waals surface area contributed by atoms with Gasteiger partial charge in [0.05, 0.1) is 0 Å². The molecule has 0 fully saturated rings. The molecule has 0 saturated carbocycles. The molecule has 0 bridgehead atoms. The van der Waals surface area contributed by atoms with Crippen LogP contribution in [0.3, 0.4) is 0 Å². The Hall–Kier alpha value is -0.960. The van der Waals surface area contributed by atoms with Gasteiger partial charge in [0.2, 0.25) is 0 Å². The second-order valence-electron chi connectivity index (χ2n) is 5.52. The highest BCUT2D eigenvalue weighted by atomic mass is 19.1. The molecule has 1 N–H and O–H groups in total. The molecule has 0 heterocycles. The molecule has 108 valence electrons. The van der Waals surface area contributed by atoms with E-state index in [2.05, 4.69) is 26.1 Å². The summed E-state index contributed by atoms with van der Waals surface area (Å²) in [5.41, 5.74) is 0.594. The SMILES string of the molecule is CCNC(CCCC(C)C)Cc1ccc(F)cc1F. The minimum Gasteiger partial charge on any atom is -0.314 e. The lowest BCUT2D eigenvalue weighted by Gasteiger charge is -2.19. The van der Waals surface area contributed by atoms with Crippen LogP contribution in [0.25, 0.3) is 0 Å². The van der Waals surface area contributed by atoms with E-state index in [1.165, 1.54) is 12.5 Å². The zero-order valence-electron chi connectivity index (χ0n) is 12.2. The standard InChI is InChI=1S/C16H25F2N/c1-4-19-15(7-5-6-12(2)3)10-13-8-9-14(17)11-16(13)18/h8-9,11-12,15,19H,4-7,10H2,1-3H3. The van der Waals surface area contributed by atoms with Crippen molar-refractivity contribution in [2.75, 3.05) is 6.54 Å². The van der Waals surface area contributed by atoms with Crippen LogP contribution >= 0.6 is 0 Å². The van der Waals surface area contributed by atoms with Gasteiger partial charge in [-0.25, -0.2) is 8.78 Å². The molecule has 0 aliphatic heterocycles. The highest BCUT2D eigenvalue weighted by Crippen LogP contribution is 2.15. The van der Waals surface area contributed by atoms with Crippen molar-refractivity contribution in [2.45, 2.75) is 52.5 Å². The largest absolute Gasteiger partial charge is 0.314 e. The third-order valence-corrected chi connectivity index (χ3v) is 3.31. The molecular weight excluding hydrogens is 244 g/mol. The Morgan fingerprint density at radius 2 is 1.89 bits per heavy atom. The van der Waals surface area contributed by atoms with Gasteiger partial charge in [-0.05, 0) is 36.9 Å². The Bertz CT molecular complexity index is 377. The van der Waals surface area contributed by atoms with E-state index >= 15 is 0 Å². The summed E-state index contributed by atoms with van der Waals surface area (Å²) in [6.07, 6.45) is 3.98. The Morgan fingerprint density at radius 3 is 2.47 bits per heavy atom. The van der Waals surface area contributed by atoms with Crippen molar-refractivity contribution in [1.82, 2.24) is 5.32 Å². The van der Waals surface area contributed by atoms with Crippen LogP contribution in [0.4, 0.5) is 8.78 Å². The molecule has 0 saturated heterocycles. The molecule has 0 aromatic heterocycles. The number of rotatable bonds is 8. The fourth-order valence-electron chi connectivity index (χ4n) is 2.29. The second-order valence-corrected chi connectivity index (χ2v) is 5.52. The number of hydrogen-bond acceptors (Lipinski definition) is 1. The lowest BCUT2D eigenvalue weighted by atomic mass is 9.98. The number of nitrogens with one attached hydrogen (secondary N) is 1. The van der Waals surface area contributed by atoms with E-state index in [4.69, 9.17) is 0 Å². The lowest BCUT2D eigenvalue weighted by molar-refractivity contribution is 0.436. The average Bonchev–Trinajstić information content (AvgIpc) is 2.32. The van der Waals surface area contributed by atoms with Crippen LogP contribution in [0.2, 0.25) is 0 Å². The third kappa shape index (κ3) is 6.15. The molecule has 1 rings (SSSR count). The van der Waals surface area contributed by atoms with E-state index in [-0.39, 0.29) is 6.04 Å². The van der Waals surface area contributed by atoms with E-state index in [1.807, 2.05) is 0 Å². The first kappa shape index (κ1) is 16.1. The molecule has 1 atom stereocenters. The van der Waals surface area contributed by atoms with Gasteiger partial charge >= 0.3 is 0 Å². The molecule has 0 amide bonds. The lowest BCUT2D eigenvalue weighted by Crippen LogP contribution is -2.31. The van der Waals surface area contributed by atoms with Crippen molar-refractivity contribution in [3.05, 3.63) is 35.4 Å². The van der Waals surface area contributed by atoms with Crippen molar-refractivity contribution in [1.29, 1.82) is 0 Å². The van der Waals surface area contributed by atoms with Crippen LogP contribution in [0, 0.1) is 17.6 Å². The van der Waals surface area contributed by atoms with Gasteiger partial charge in [0.1, 0.15) is 11.6 Å². The molecule has 1 aromatic rings. The first-order valence-corrected chi connectivity index (χ1v) is 7.20. The summed E-state index contributed by atoms with van der Waals surface area (Å²) in [7, 11) is 0. The van der Waals surface area contributed by atoms with Gasteiger partial charge in [0.25, 0.3) is 0 Å². The van der Waals surface area contributed by atoms with Crippen LogP contribution in [0.1, 0.15) is 45.6 Å². The normalized spacial score (nSPS) is 12.9. The van der Waals surface area contributed by atoms with Gasteiger partial charge in [0, 0.05) is 12.1 Å². The first-order chi connectivity index (χ1) is 9.02. The van der Waals surface area contributed by atoms with Crippen LogP contribution in [-0.2, 0) is 6.42 Å². The van der Waals surface area contributed by atoms with Crippen molar-refractivity contribution in [3.8, 4) is 0 Å². The highest BCUT2D eigenvalue weighted by Gasteiger charge is 2.12. The zero-order valence-corrected chi connectivity index (χ0v) is 12.2. The number of halogens is 2. The molecule has 19 heavy (non-hydrogen) atoms. The van der Waals surface area contributed by atoms with Gasteiger partial charge in [0.15, 0.2) is 0 Å². The molecule has 0 spiro atoms. The molecule has 1 aromatic carbocycles. The summed E-state index contributed by atoms with van der Waals surface area (Å²) in [5, 5.41) is 3.39. The van der Waals surface area contributed by atoms with Crippen molar-refractivity contribution >= 4 is 0 Å². The van der Waals surface area contributed by atoms with Gasteiger partial charge < -0.3 is 5.32 Å². The smallest absolute Gasteiger partial charge is 0.129 e. The Kier molecular flexibility index (Phi) is 7.00. The molecule has 0 radical (unpaired) electrons. The van der Waals surface area contributed by atoms with Gasteiger partial charge in [-0.2, -0.15) is 0 Å². The molecule has 0 aliphatic carbocycles. The third-order valence-electron chi connectivity index (χ3n) is 3.31. The summed E-state index contributed by atoms with van der Waals surface area (Å²) >= 11 is 0. The predicted octanol–water partition coefficient (Wildman–Crippen LogP) is 4.31. The average molecular weight is 269 g/mol. The maximum absolute atomic E-state index is 13.6. The fourth-order valence-corrected chi connectivity index (χ4v) is 2.29. The number of benzene rings is 1. The van der Waals surface area contributed by atoms with Gasteiger partial charge in [-0.15, -0.1) is 0 Å². The summed E-state index contributed by atoms with van der Waals surface area (Å²) in [4.78, 5) is 0. The van der Waals surface area contributed by atoms with Gasteiger partial charge in [-0.1, -0.05) is 39.7 Å². The molecule has 0 aliphatic rings. The number of hydrogen-bond donors (Lipinski definition) is 1. The van der Waals surface area contributed by atoms with Crippen molar-refractivity contribution < 1.29 is 8.78 Å². The Labute approximate surface area is 115 Å². The minimum absolute atomic E-state index is 0.267. The van der Waals surface area contributed by atoms with E-state index < -0.39 is 11.6 Å². The maximum atomic E-state index is 13.6. The molecular formula is C16H25F2N. The molecule has 1 nitrogen and oxygen atoms in total.